The summed E-state index contributed by atoms with van der Waals surface area (Å²) < 4.78 is 67.0. The van der Waals surface area contributed by atoms with Gasteiger partial charge < -0.3 is 10.1 Å². The van der Waals surface area contributed by atoms with Gasteiger partial charge >= 0.3 is 12.1 Å². The fourth-order valence-corrected chi connectivity index (χ4v) is 3.46. The zero-order valence-corrected chi connectivity index (χ0v) is 13.6. The lowest BCUT2D eigenvalue weighted by molar-refractivity contribution is -0.143. The Morgan fingerprint density at radius 1 is 1.38 bits per heavy atom. The molecule has 1 atom stereocenters. The minimum absolute atomic E-state index is 0.109. The van der Waals surface area contributed by atoms with Gasteiger partial charge in [0.15, 0.2) is 0 Å². The molecule has 0 aliphatic carbocycles. The van der Waals surface area contributed by atoms with Crippen LogP contribution >= 0.6 is 0 Å². The highest BCUT2D eigenvalue weighted by molar-refractivity contribution is 7.89. The molecule has 1 aliphatic heterocycles. The number of carbonyl (C=O) groups excluding carboxylic acids is 1. The van der Waals surface area contributed by atoms with Crippen molar-refractivity contribution in [3.05, 3.63) is 29.3 Å². The second kappa shape index (κ2) is 7.08. The molecule has 0 amide bonds. The fraction of sp³-hybridized carbons (Fsp3) is 0.500. The first kappa shape index (κ1) is 18.7. The number of halogens is 3. The molecule has 0 fully saturated rings. The maximum Gasteiger partial charge on any atom is 0.390 e. The Morgan fingerprint density at radius 3 is 2.71 bits per heavy atom. The standard InChI is InChI=1S/C14H17F3N2O4S/c1-23-13(20)12-7-9-2-3-11(6-10(9)8-18-12)24(21,22)19-5-4-14(15,16)17/h2-3,6,12,18-19H,4-5,7-8H2,1H3. The minimum Gasteiger partial charge on any atom is -0.468 e. The van der Waals surface area contributed by atoms with E-state index in [1.54, 1.807) is 6.07 Å². The van der Waals surface area contributed by atoms with Gasteiger partial charge in [0.25, 0.3) is 0 Å². The van der Waals surface area contributed by atoms with E-state index in [0.29, 0.717) is 12.0 Å². The molecule has 1 unspecified atom stereocenters. The Morgan fingerprint density at radius 2 is 2.08 bits per heavy atom. The van der Waals surface area contributed by atoms with Crippen molar-refractivity contribution < 1.29 is 31.1 Å². The Hall–Kier alpha value is -1.65. The second-order valence-electron chi connectivity index (χ2n) is 5.35. The van der Waals surface area contributed by atoms with Gasteiger partial charge in [-0.05, 0) is 29.7 Å². The Labute approximate surface area is 137 Å². The van der Waals surface area contributed by atoms with Crippen LogP contribution in [0.3, 0.4) is 0 Å². The zero-order valence-electron chi connectivity index (χ0n) is 12.8. The van der Waals surface area contributed by atoms with E-state index >= 15 is 0 Å². The number of rotatable bonds is 5. The smallest absolute Gasteiger partial charge is 0.390 e. The van der Waals surface area contributed by atoms with Crippen LogP contribution in [-0.2, 0) is 32.5 Å². The van der Waals surface area contributed by atoms with Crippen LogP contribution in [0.1, 0.15) is 17.5 Å². The Kier molecular flexibility index (Phi) is 5.51. The van der Waals surface area contributed by atoms with Crippen LogP contribution in [0.15, 0.2) is 23.1 Å². The second-order valence-corrected chi connectivity index (χ2v) is 7.12. The lowest BCUT2D eigenvalue weighted by atomic mass is 9.96. The molecule has 6 nitrogen and oxygen atoms in total. The van der Waals surface area contributed by atoms with Crippen LogP contribution in [0.5, 0.6) is 0 Å². The number of nitrogens with one attached hydrogen (secondary N) is 2. The normalized spacial score (nSPS) is 18.1. The molecule has 0 spiro atoms. The zero-order chi connectivity index (χ0) is 18.0. The molecule has 0 saturated heterocycles. The van der Waals surface area contributed by atoms with Crippen LogP contribution < -0.4 is 10.0 Å². The number of methoxy groups -OCH3 is 1. The van der Waals surface area contributed by atoms with Gasteiger partial charge in [0.2, 0.25) is 10.0 Å². The third-order valence-electron chi connectivity index (χ3n) is 3.64. The summed E-state index contributed by atoms with van der Waals surface area (Å²) in [6, 6.07) is 3.76. The maximum atomic E-state index is 12.1. The molecule has 2 N–H and O–H groups in total. The van der Waals surface area contributed by atoms with Crippen molar-refractivity contribution >= 4 is 16.0 Å². The molecule has 1 heterocycles. The summed E-state index contributed by atoms with van der Waals surface area (Å²) in [6.45, 7) is -0.452. The number of alkyl halides is 3. The number of fused-ring (bicyclic) bond motifs is 1. The summed E-state index contributed by atoms with van der Waals surface area (Å²) in [5.74, 6) is -0.411. The average Bonchev–Trinajstić information content (AvgIpc) is 2.51. The van der Waals surface area contributed by atoms with E-state index in [0.717, 1.165) is 5.56 Å². The summed E-state index contributed by atoms with van der Waals surface area (Å²) in [6.07, 6.45) is -5.31. The minimum atomic E-state index is -4.43. The first-order chi connectivity index (χ1) is 11.1. The van der Waals surface area contributed by atoms with Gasteiger partial charge in [-0.2, -0.15) is 13.2 Å². The molecule has 2 rings (SSSR count). The predicted molar refractivity (Wildman–Crippen MR) is 78.7 cm³/mol. The lowest BCUT2D eigenvalue weighted by Crippen LogP contribution is -2.42. The fourth-order valence-electron chi connectivity index (χ4n) is 2.38. The van der Waals surface area contributed by atoms with Crippen molar-refractivity contribution in [2.24, 2.45) is 0 Å². The number of hydrogen-bond acceptors (Lipinski definition) is 5. The van der Waals surface area contributed by atoms with Gasteiger partial charge in [0.1, 0.15) is 6.04 Å². The number of benzene rings is 1. The van der Waals surface area contributed by atoms with E-state index in [2.05, 4.69) is 10.1 Å². The molecular formula is C14H17F3N2O4S. The van der Waals surface area contributed by atoms with E-state index in [9.17, 15) is 26.4 Å². The van der Waals surface area contributed by atoms with Crippen molar-refractivity contribution in [3.63, 3.8) is 0 Å². The molecule has 0 bridgehead atoms. The van der Waals surface area contributed by atoms with Gasteiger partial charge in [-0.25, -0.2) is 13.1 Å². The number of ether oxygens (including phenoxy) is 1. The van der Waals surface area contributed by atoms with Crippen molar-refractivity contribution in [1.82, 2.24) is 10.0 Å². The highest BCUT2D eigenvalue weighted by atomic mass is 32.2. The summed E-state index contributed by atoms with van der Waals surface area (Å²) in [4.78, 5) is 11.4. The molecule has 10 heteroatoms. The first-order valence-corrected chi connectivity index (χ1v) is 8.60. The van der Waals surface area contributed by atoms with Crippen LogP contribution in [0.2, 0.25) is 0 Å². The van der Waals surface area contributed by atoms with Gasteiger partial charge in [-0.3, -0.25) is 4.79 Å². The van der Waals surface area contributed by atoms with Crippen LogP contribution in [0.25, 0.3) is 0 Å². The van der Waals surface area contributed by atoms with E-state index < -0.39 is 41.2 Å². The third-order valence-corrected chi connectivity index (χ3v) is 5.10. The Balaban J connectivity index is 2.10. The predicted octanol–water partition coefficient (Wildman–Crippen LogP) is 1.10. The quantitative estimate of drug-likeness (QED) is 0.763. The molecule has 24 heavy (non-hydrogen) atoms. The average molecular weight is 366 g/mol. The van der Waals surface area contributed by atoms with E-state index in [-0.39, 0.29) is 11.4 Å². The van der Waals surface area contributed by atoms with E-state index in [1.807, 2.05) is 4.72 Å². The summed E-state index contributed by atoms with van der Waals surface area (Å²) in [5, 5.41) is 2.93. The summed E-state index contributed by atoms with van der Waals surface area (Å²) in [5.41, 5.74) is 1.47. The largest absolute Gasteiger partial charge is 0.468 e. The van der Waals surface area contributed by atoms with Crippen LogP contribution in [0, 0.1) is 0 Å². The molecule has 1 aromatic rings. The van der Waals surface area contributed by atoms with Gasteiger partial charge in [0, 0.05) is 13.1 Å². The van der Waals surface area contributed by atoms with Gasteiger partial charge in [-0.1, -0.05) is 6.07 Å². The van der Waals surface area contributed by atoms with Crippen molar-refractivity contribution in [2.45, 2.75) is 36.5 Å². The highest BCUT2D eigenvalue weighted by Gasteiger charge is 2.29. The maximum absolute atomic E-state index is 12.1. The van der Waals surface area contributed by atoms with Crippen molar-refractivity contribution in [3.8, 4) is 0 Å². The summed E-state index contributed by atoms with van der Waals surface area (Å²) in [7, 11) is -2.74. The molecular weight excluding hydrogens is 349 g/mol. The number of esters is 1. The molecule has 0 saturated carbocycles. The molecule has 0 aromatic heterocycles. The van der Waals surface area contributed by atoms with Crippen molar-refractivity contribution in [2.75, 3.05) is 13.7 Å². The van der Waals surface area contributed by atoms with E-state index in [4.69, 9.17) is 0 Å². The molecule has 134 valence electrons. The monoisotopic (exact) mass is 366 g/mol. The van der Waals surface area contributed by atoms with Crippen molar-refractivity contribution in [1.29, 1.82) is 0 Å². The lowest BCUT2D eigenvalue weighted by Gasteiger charge is -2.24. The van der Waals surface area contributed by atoms with Crippen LogP contribution in [-0.4, -0.2) is 40.3 Å². The number of sulfonamides is 1. The first-order valence-electron chi connectivity index (χ1n) is 7.12. The van der Waals surface area contributed by atoms with Crippen LogP contribution in [0.4, 0.5) is 13.2 Å². The number of hydrogen-bond donors (Lipinski definition) is 2. The topological polar surface area (TPSA) is 84.5 Å². The highest BCUT2D eigenvalue weighted by Crippen LogP contribution is 2.22. The van der Waals surface area contributed by atoms with Gasteiger partial charge in [0.05, 0.1) is 18.4 Å². The number of carbonyl (C=O) groups is 1. The molecule has 1 aromatic carbocycles. The van der Waals surface area contributed by atoms with E-state index in [1.165, 1.54) is 19.2 Å². The third kappa shape index (κ3) is 4.68. The summed E-state index contributed by atoms with van der Waals surface area (Å²) >= 11 is 0. The SMILES string of the molecule is COC(=O)C1Cc2ccc(S(=O)(=O)NCCC(F)(F)F)cc2CN1. The van der Waals surface area contributed by atoms with Gasteiger partial charge in [-0.15, -0.1) is 0 Å². The molecule has 1 aliphatic rings. The Bertz CT molecular complexity index is 719. The molecule has 0 radical (unpaired) electrons.